The second-order valence-electron chi connectivity index (χ2n) is 16.0. The monoisotopic (exact) mass is 812 g/mol. The number of hydrogen-bond acceptors (Lipinski definition) is 10. The molecule has 1 saturated carbocycles. The van der Waals surface area contributed by atoms with Gasteiger partial charge in [0.25, 0.3) is 0 Å². The number of nitrogens with zero attached hydrogens (tertiary/aromatic N) is 5. The lowest BCUT2D eigenvalue weighted by atomic mass is 9.81. The van der Waals surface area contributed by atoms with Crippen molar-refractivity contribution < 1.29 is 19.2 Å². The van der Waals surface area contributed by atoms with Crippen molar-refractivity contribution in [3.05, 3.63) is 53.1 Å². The Bertz CT molecular complexity index is 1770. The van der Waals surface area contributed by atoms with Crippen LogP contribution in [0.4, 0.5) is 17.1 Å². The number of piperazine rings is 1. The fourth-order valence-electron chi connectivity index (χ4n) is 8.92. The van der Waals surface area contributed by atoms with Gasteiger partial charge in [-0.25, -0.2) is 0 Å². The first-order valence-electron chi connectivity index (χ1n) is 19.2. The molecule has 55 heavy (non-hydrogen) atoms. The summed E-state index contributed by atoms with van der Waals surface area (Å²) >= 11 is 11.3. The summed E-state index contributed by atoms with van der Waals surface area (Å²) < 4.78 is 0. The Kier molecular flexibility index (Phi) is 14.2. The molecule has 3 heterocycles. The van der Waals surface area contributed by atoms with Crippen LogP contribution in [-0.4, -0.2) is 99.7 Å². The largest absolute Gasteiger partial charge is 0.374 e. The molecule has 3 saturated heterocycles. The van der Waals surface area contributed by atoms with Gasteiger partial charge in [0.1, 0.15) is 17.6 Å². The van der Waals surface area contributed by atoms with Gasteiger partial charge in [0.15, 0.2) is 0 Å². The fraction of sp³-hybridized carbons (Fsp3) is 0.575. The molecular formula is C40H54Cl2N8O4S. The van der Waals surface area contributed by atoms with Crippen LogP contribution in [0.15, 0.2) is 42.5 Å². The molecule has 4 atom stereocenters. The zero-order valence-electron chi connectivity index (χ0n) is 32.1. The summed E-state index contributed by atoms with van der Waals surface area (Å²) in [5.41, 5.74) is 1.29. The molecule has 298 valence electrons. The van der Waals surface area contributed by atoms with Crippen LogP contribution in [0.3, 0.4) is 0 Å². The number of imide groups is 1. The van der Waals surface area contributed by atoms with Gasteiger partial charge in [-0.2, -0.15) is 5.26 Å². The molecule has 12 nitrogen and oxygen atoms in total. The van der Waals surface area contributed by atoms with Crippen LogP contribution in [-0.2, 0) is 19.2 Å². The standard InChI is InChI=1S/C40H53ClN8O4S.ClH/c1-25-22-46(23-26(2)47(25)24-36(51)44-30-9-5-8-29(19-30)43-34-16-17-35(50)45-37(34)52)18-6-7-27-10-13-31(14-11-27)49-39(54)48(38(53)40(49,3)4)32-15-12-28(21-42)33(41)20-32;/h5,8-9,12,15,19-20,25-27,31,34,39,43,54H,6-7,10-11,13-14,16-18,22-24H2,1-4H3,(H,44,51)(H,45,50,52);1H/t25-,26+,27?,31?,34?,39?;. The van der Waals surface area contributed by atoms with E-state index in [1.165, 1.54) is 6.42 Å². The van der Waals surface area contributed by atoms with Crippen molar-refractivity contribution in [2.24, 2.45) is 5.92 Å². The van der Waals surface area contributed by atoms with E-state index >= 15 is 0 Å². The van der Waals surface area contributed by atoms with E-state index in [1.54, 1.807) is 23.1 Å². The molecule has 4 fully saturated rings. The quantitative estimate of drug-likeness (QED) is 0.162. The number of amides is 4. The molecule has 2 aromatic carbocycles. The smallest absolute Gasteiger partial charge is 0.249 e. The first kappa shape index (κ1) is 42.8. The molecule has 1 aliphatic carbocycles. The summed E-state index contributed by atoms with van der Waals surface area (Å²) in [7, 11) is 0. The molecule has 0 radical (unpaired) electrons. The van der Waals surface area contributed by atoms with Crippen LogP contribution in [0.5, 0.6) is 0 Å². The van der Waals surface area contributed by atoms with E-state index in [9.17, 15) is 24.4 Å². The van der Waals surface area contributed by atoms with Crippen molar-refractivity contribution in [3.63, 3.8) is 0 Å². The van der Waals surface area contributed by atoms with Gasteiger partial charge in [-0.1, -0.05) is 17.7 Å². The van der Waals surface area contributed by atoms with E-state index in [-0.39, 0.29) is 54.2 Å². The molecule has 0 spiro atoms. The lowest BCUT2D eigenvalue weighted by molar-refractivity contribution is -0.133. The number of hydrogen-bond donors (Lipinski definition) is 4. The van der Waals surface area contributed by atoms with Crippen molar-refractivity contribution in [1.82, 2.24) is 20.0 Å². The minimum Gasteiger partial charge on any atom is -0.374 e. The van der Waals surface area contributed by atoms with Crippen molar-refractivity contribution >= 4 is 77.3 Å². The average molecular weight is 814 g/mol. The summed E-state index contributed by atoms with van der Waals surface area (Å²) in [6.45, 7) is 11.5. The Hall–Kier alpha value is -3.38. The second kappa shape index (κ2) is 18.3. The van der Waals surface area contributed by atoms with E-state index in [0.717, 1.165) is 51.7 Å². The van der Waals surface area contributed by atoms with Gasteiger partial charge in [0.2, 0.25) is 23.6 Å². The van der Waals surface area contributed by atoms with Gasteiger partial charge >= 0.3 is 0 Å². The van der Waals surface area contributed by atoms with E-state index in [1.807, 2.05) is 38.1 Å². The second-order valence-corrected chi connectivity index (χ2v) is 16.9. The number of benzene rings is 2. The van der Waals surface area contributed by atoms with Crippen LogP contribution in [0.1, 0.15) is 84.6 Å². The highest BCUT2D eigenvalue weighted by molar-refractivity contribution is 7.81. The van der Waals surface area contributed by atoms with Gasteiger partial charge in [0.05, 0.1) is 22.7 Å². The Balaban J connectivity index is 0.00000580. The SMILES string of the molecule is C[C@@H]1CN(CCCC2CCC(N3C(S)N(c4ccc(C#N)c(Cl)c4)C(=O)C3(C)C)CC2)C[C@H](C)N1CC(=O)Nc1cccc(NC2CCC(=O)NC2=O)c1.Cl. The van der Waals surface area contributed by atoms with Crippen molar-refractivity contribution in [2.45, 2.75) is 114 Å². The van der Waals surface area contributed by atoms with Crippen LogP contribution in [0.2, 0.25) is 5.02 Å². The third-order valence-electron chi connectivity index (χ3n) is 11.7. The Labute approximate surface area is 341 Å². The molecule has 15 heteroatoms. The molecule has 2 unspecified atom stereocenters. The lowest BCUT2D eigenvalue weighted by Crippen LogP contribution is -2.58. The number of thiol groups is 1. The first-order chi connectivity index (χ1) is 25.7. The fourth-order valence-corrected chi connectivity index (χ4v) is 9.86. The average Bonchev–Trinajstić information content (AvgIpc) is 3.30. The molecule has 0 aromatic heterocycles. The highest BCUT2D eigenvalue weighted by Crippen LogP contribution is 2.43. The predicted octanol–water partition coefficient (Wildman–Crippen LogP) is 5.86. The maximum Gasteiger partial charge on any atom is 0.249 e. The van der Waals surface area contributed by atoms with Crippen LogP contribution < -0.4 is 20.9 Å². The highest BCUT2D eigenvalue weighted by atomic mass is 35.5. The van der Waals surface area contributed by atoms with E-state index in [4.69, 9.17) is 24.2 Å². The summed E-state index contributed by atoms with van der Waals surface area (Å²) in [6, 6.07) is 14.7. The number of carbonyl (C=O) groups is 4. The molecule has 6 rings (SSSR count). The molecule has 4 amide bonds. The third kappa shape index (κ3) is 9.78. The maximum atomic E-state index is 13.7. The summed E-state index contributed by atoms with van der Waals surface area (Å²) in [5, 5.41) is 18.2. The Morgan fingerprint density at radius 3 is 2.36 bits per heavy atom. The van der Waals surface area contributed by atoms with Gasteiger partial charge in [-0.05, 0) is 122 Å². The van der Waals surface area contributed by atoms with Crippen LogP contribution in [0.25, 0.3) is 0 Å². The number of nitriles is 1. The molecule has 3 N–H and O–H groups in total. The van der Waals surface area contributed by atoms with Gasteiger partial charge in [0, 0.05) is 54.7 Å². The summed E-state index contributed by atoms with van der Waals surface area (Å²) in [4.78, 5) is 59.2. The number of anilines is 3. The normalized spacial score (nSPS) is 27.6. The van der Waals surface area contributed by atoms with Crippen LogP contribution in [0, 0.1) is 17.2 Å². The zero-order valence-corrected chi connectivity index (χ0v) is 34.6. The number of rotatable bonds is 11. The van der Waals surface area contributed by atoms with Crippen molar-refractivity contribution in [1.29, 1.82) is 5.26 Å². The predicted molar refractivity (Wildman–Crippen MR) is 222 cm³/mol. The van der Waals surface area contributed by atoms with E-state index in [2.05, 4.69) is 50.6 Å². The first-order valence-corrected chi connectivity index (χ1v) is 20.1. The van der Waals surface area contributed by atoms with E-state index < -0.39 is 17.1 Å². The third-order valence-corrected chi connectivity index (χ3v) is 12.5. The van der Waals surface area contributed by atoms with E-state index in [0.29, 0.717) is 53.0 Å². The van der Waals surface area contributed by atoms with Crippen molar-refractivity contribution in [2.75, 3.05) is 41.7 Å². The minimum atomic E-state index is -0.706. The zero-order chi connectivity index (χ0) is 38.7. The minimum absolute atomic E-state index is 0. The number of halogens is 2. The Morgan fingerprint density at radius 2 is 1.71 bits per heavy atom. The molecule has 0 bridgehead atoms. The van der Waals surface area contributed by atoms with Crippen LogP contribution >= 0.6 is 36.6 Å². The molecule has 2 aromatic rings. The van der Waals surface area contributed by atoms with Gasteiger partial charge in [-0.3, -0.25) is 39.2 Å². The molecular weight excluding hydrogens is 759 g/mol. The maximum absolute atomic E-state index is 13.7. The number of piperidine rings is 1. The van der Waals surface area contributed by atoms with Gasteiger partial charge < -0.3 is 15.5 Å². The van der Waals surface area contributed by atoms with Gasteiger partial charge in [-0.15, -0.1) is 25.0 Å². The number of nitrogens with one attached hydrogen (secondary N) is 3. The topological polar surface area (TPSA) is 141 Å². The van der Waals surface area contributed by atoms with Crippen molar-refractivity contribution in [3.8, 4) is 6.07 Å². The lowest BCUT2D eigenvalue weighted by Gasteiger charge is -2.44. The number of carbonyl (C=O) groups excluding carboxylic acids is 4. The summed E-state index contributed by atoms with van der Waals surface area (Å²) in [5.74, 6) is -0.0162. The Morgan fingerprint density at radius 1 is 1.02 bits per heavy atom. The highest BCUT2D eigenvalue weighted by Gasteiger charge is 2.54. The molecule has 4 aliphatic rings. The summed E-state index contributed by atoms with van der Waals surface area (Å²) in [6.07, 6.45) is 7.34. The molecule has 3 aliphatic heterocycles.